The largest absolute Gasteiger partial charge is 0.459 e. The zero-order chi connectivity index (χ0) is 12.6. The van der Waals surface area contributed by atoms with Crippen LogP contribution >= 0.6 is 0 Å². The molecule has 4 atom stereocenters. The molecule has 4 nitrogen and oxygen atoms in total. The maximum atomic E-state index is 11.4. The molecule has 2 rings (SSSR count). The number of ether oxygens (including phenoxy) is 3. The summed E-state index contributed by atoms with van der Waals surface area (Å²) in [4.78, 5) is 11.4. The van der Waals surface area contributed by atoms with Gasteiger partial charge in [-0.2, -0.15) is 0 Å². The Balaban J connectivity index is 2.08. The number of carbonyl (C=O) groups excluding carboxylic acids is 1. The van der Waals surface area contributed by atoms with Crippen molar-refractivity contribution in [1.82, 2.24) is 0 Å². The number of esters is 1. The monoisotopic (exact) mass is 242 g/mol. The Morgan fingerprint density at radius 1 is 1.29 bits per heavy atom. The van der Waals surface area contributed by atoms with Crippen LogP contribution in [0.1, 0.15) is 47.0 Å². The fourth-order valence-electron chi connectivity index (χ4n) is 2.90. The van der Waals surface area contributed by atoms with E-state index < -0.39 is 5.79 Å². The van der Waals surface area contributed by atoms with E-state index in [2.05, 4.69) is 6.92 Å². The molecule has 4 unspecified atom stereocenters. The molecule has 2 aliphatic rings. The first kappa shape index (κ1) is 12.8. The molecule has 0 spiro atoms. The third-order valence-corrected chi connectivity index (χ3v) is 3.50. The SMILES string of the molecule is CCCC1CC(=O)OC1C1OC(C)(C)OC1C. The minimum Gasteiger partial charge on any atom is -0.459 e. The van der Waals surface area contributed by atoms with Gasteiger partial charge in [-0.25, -0.2) is 0 Å². The fourth-order valence-corrected chi connectivity index (χ4v) is 2.90. The molecule has 0 radical (unpaired) electrons. The highest BCUT2D eigenvalue weighted by Gasteiger charge is 2.49. The average Bonchev–Trinajstić information content (AvgIpc) is 2.67. The zero-order valence-electron chi connectivity index (χ0n) is 11.1. The van der Waals surface area contributed by atoms with E-state index >= 15 is 0 Å². The van der Waals surface area contributed by atoms with Crippen LogP contribution in [0, 0.1) is 5.92 Å². The summed E-state index contributed by atoms with van der Waals surface area (Å²) >= 11 is 0. The summed E-state index contributed by atoms with van der Waals surface area (Å²) < 4.78 is 17.0. The van der Waals surface area contributed by atoms with E-state index in [1.54, 1.807) is 0 Å². The summed E-state index contributed by atoms with van der Waals surface area (Å²) in [5, 5.41) is 0. The van der Waals surface area contributed by atoms with Gasteiger partial charge in [0.05, 0.1) is 12.5 Å². The van der Waals surface area contributed by atoms with Crippen LogP contribution in [0.15, 0.2) is 0 Å². The Labute approximate surface area is 103 Å². The summed E-state index contributed by atoms with van der Waals surface area (Å²) in [5.41, 5.74) is 0. The predicted octanol–water partition coefficient (Wildman–Crippen LogP) is 2.26. The second kappa shape index (κ2) is 4.58. The van der Waals surface area contributed by atoms with Gasteiger partial charge in [-0.15, -0.1) is 0 Å². The van der Waals surface area contributed by atoms with Crippen molar-refractivity contribution < 1.29 is 19.0 Å². The van der Waals surface area contributed by atoms with E-state index in [4.69, 9.17) is 14.2 Å². The molecule has 2 aliphatic heterocycles. The van der Waals surface area contributed by atoms with Crippen LogP contribution in [0.2, 0.25) is 0 Å². The van der Waals surface area contributed by atoms with Gasteiger partial charge in [0.2, 0.25) is 0 Å². The number of cyclic esters (lactones) is 1. The van der Waals surface area contributed by atoms with Crippen molar-refractivity contribution in [2.24, 2.45) is 5.92 Å². The highest BCUT2D eigenvalue weighted by atomic mass is 16.8. The first-order chi connectivity index (χ1) is 7.93. The van der Waals surface area contributed by atoms with Crippen molar-refractivity contribution in [3.63, 3.8) is 0 Å². The smallest absolute Gasteiger partial charge is 0.306 e. The van der Waals surface area contributed by atoms with Crippen LogP contribution < -0.4 is 0 Å². The van der Waals surface area contributed by atoms with E-state index in [1.165, 1.54) is 0 Å². The minimum atomic E-state index is -0.574. The van der Waals surface area contributed by atoms with E-state index in [1.807, 2.05) is 20.8 Å². The van der Waals surface area contributed by atoms with Crippen LogP contribution in [-0.4, -0.2) is 30.1 Å². The highest BCUT2D eigenvalue weighted by molar-refractivity contribution is 5.72. The second-order valence-electron chi connectivity index (χ2n) is 5.51. The van der Waals surface area contributed by atoms with Gasteiger partial charge in [-0.1, -0.05) is 13.3 Å². The van der Waals surface area contributed by atoms with Gasteiger partial charge in [0.25, 0.3) is 0 Å². The molecule has 17 heavy (non-hydrogen) atoms. The molecular formula is C13H22O4. The molecule has 0 aliphatic carbocycles. The number of hydrogen-bond donors (Lipinski definition) is 0. The van der Waals surface area contributed by atoms with Crippen molar-refractivity contribution in [1.29, 1.82) is 0 Å². The third-order valence-electron chi connectivity index (χ3n) is 3.50. The number of carbonyl (C=O) groups is 1. The van der Waals surface area contributed by atoms with Crippen LogP contribution in [0.4, 0.5) is 0 Å². The fraction of sp³-hybridized carbons (Fsp3) is 0.923. The van der Waals surface area contributed by atoms with Gasteiger partial charge < -0.3 is 14.2 Å². The van der Waals surface area contributed by atoms with Gasteiger partial charge in [0, 0.05) is 5.92 Å². The van der Waals surface area contributed by atoms with Gasteiger partial charge in [-0.05, 0) is 27.2 Å². The van der Waals surface area contributed by atoms with E-state index in [9.17, 15) is 4.79 Å². The van der Waals surface area contributed by atoms with Crippen molar-refractivity contribution in [3.8, 4) is 0 Å². The Morgan fingerprint density at radius 3 is 2.53 bits per heavy atom. The van der Waals surface area contributed by atoms with Crippen molar-refractivity contribution in [2.75, 3.05) is 0 Å². The highest BCUT2D eigenvalue weighted by Crippen LogP contribution is 2.38. The van der Waals surface area contributed by atoms with Crippen LogP contribution in [0.3, 0.4) is 0 Å². The molecule has 0 aromatic carbocycles. The Morgan fingerprint density at radius 2 is 2.00 bits per heavy atom. The van der Waals surface area contributed by atoms with Crippen molar-refractivity contribution in [2.45, 2.75) is 71.1 Å². The lowest BCUT2D eigenvalue weighted by molar-refractivity contribution is -0.165. The summed E-state index contributed by atoms with van der Waals surface area (Å²) in [5.74, 6) is -0.401. The molecule has 98 valence electrons. The van der Waals surface area contributed by atoms with E-state index in [-0.39, 0.29) is 30.2 Å². The molecule has 0 amide bonds. The van der Waals surface area contributed by atoms with Gasteiger partial charge in [-0.3, -0.25) is 4.79 Å². The topological polar surface area (TPSA) is 44.8 Å². The van der Waals surface area contributed by atoms with E-state index in [0.29, 0.717) is 6.42 Å². The number of hydrogen-bond acceptors (Lipinski definition) is 4. The molecule has 0 saturated carbocycles. The maximum Gasteiger partial charge on any atom is 0.306 e. The maximum absolute atomic E-state index is 11.4. The molecule has 2 fully saturated rings. The van der Waals surface area contributed by atoms with Gasteiger partial charge >= 0.3 is 5.97 Å². The number of rotatable bonds is 3. The second-order valence-corrected chi connectivity index (χ2v) is 5.51. The first-order valence-electron chi connectivity index (χ1n) is 6.48. The summed E-state index contributed by atoms with van der Waals surface area (Å²) in [6, 6.07) is 0. The molecule has 0 aromatic heterocycles. The standard InChI is InChI=1S/C13H22O4/c1-5-6-9-7-10(14)15-12(9)11-8(2)16-13(3,4)17-11/h8-9,11-12H,5-7H2,1-4H3. The van der Waals surface area contributed by atoms with Gasteiger partial charge in [0.1, 0.15) is 12.2 Å². The molecular weight excluding hydrogens is 220 g/mol. The molecule has 0 N–H and O–H groups in total. The zero-order valence-corrected chi connectivity index (χ0v) is 11.1. The predicted molar refractivity (Wildman–Crippen MR) is 62.4 cm³/mol. The summed E-state index contributed by atoms with van der Waals surface area (Å²) in [6.07, 6.45) is 2.28. The summed E-state index contributed by atoms with van der Waals surface area (Å²) in [7, 11) is 0. The van der Waals surface area contributed by atoms with Gasteiger partial charge in [0.15, 0.2) is 5.79 Å². The average molecular weight is 242 g/mol. The van der Waals surface area contributed by atoms with Crippen molar-refractivity contribution in [3.05, 3.63) is 0 Å². The lowest BCUT2D eigenvalue weighted by atomic mass is 9.91. The lowest BCUT2D eigenvalue weighted by Gasteiger charge is -2.25. The lowest BCUT2D eigenvalue weighted by Crippen LogP contribution is -2.38. The molecule has 0 aromatic rings. The normalized spacial score (nSPS) is 40.6. The Kier molecular flexibility index (Phi) is 3.46. The first-order valence-corrected chi connectivity index (χ1v) is 6.48. The summed E-state index contributed by atoms with van der Waals surface area (Å²) in [6.45, 7) is 7.90. The molecule has 0 bridgehead atoms. The Hall–Kier alpha value is -0.610. The third kappa shape index (κ3) is 2.63. The van der Waals surface area contributed by atoms with Crippen LogP contribution in [0.5, 0.6) is 0 Å². The van der Waals surface area contributed by atoms with Crippen LogP contribution in [0.25, 0.3) is 0 Å². The molecule has 2 saturated heterocycles. The minimum absolute atomic E-state index is 0.0275. The quantitative estimate of drug-likeness (QED) is 0.712. The van der Waals surface area contributed by atoms with E-state index in [0.717, 1.165) is 12.8 Å². The molecule has 2 heterocycles. The Bertz CT molecular complexity index is 300. The van der Waals surface area contributed by atoms with Crippen molar-refractivity contribution >= 4 is 5.97 Å². The van der Waals surface area contributed by atoms with Crippen LogP contribution in [-0.2, 0) is 19.0 Å². The molecule has 4 heteroatoms.